The van der Waals surface area contributed by atoms with Crippen LogP contribution in [0, 0.1) is 0 Å². The standard InChI is InChI=1S/C9H13ClN2O/c1-11-6-5-8(13)7-3-2-4-9(10)12-7/h2-4,8,11,13H,5-6H2,1H3. The summed E-state index contributed by atoms with van der Waals surface area (Å²) in [4.78, 5) is 4.01. The van der Waals surface area contributed by atoms with Gasteiger partial charge in [-0.1, -0.05) is 17.7 Å². The van der Waals surface area contributed by atoms with Crippen molar-refractivity contribution in [2.75, 3.05) is 13.6 Å². The lowest BCUT2D eigenvalue weighted by molar-refractivity contribution is 0.163. The van der Waals surface area contributed by atoms with Crippen molar-refractivity contribution in [2.45, 2.75) is 12.5 Å². The lowest BCUT2D eigenvalue weighted by Crippen LogP contribution is -2.12. The van der Waals surface area contributed by atoms with E-state index >= 15 is 0 Å². The Morgan fingerprint density at radius 1 is 1.62 bits per heavy atom. The van der Waals surface area contributed by atoms with Crippen LogP contribution < -0.4 is 5.32 Å². The fraction of sp³-hybridized carbons (Fsp3) is 0.444. The molecule has 4 heteroatoms. The van der Waals surface area contributed by atoms with E-state index in [0.717, 1.165) is 6.54 Å². The molecule has 0 aromatic carbocycles. The van der Waals surface area contributed by atoms with Crippen molar-refractivity contribution >= 4 is 11.6 Å². The normalized spacial score (nSPS) is 12.8. The Bertz CT molecular complexity index is 268. The molecule has 3 nitrogen and oxygen atoms in total. The van der Waals surface area contributed by atoms with Gasteiger partial charge in [0.1, 0.15) is 5.15 Å². The van der Waals surface area contributed by atoms with Gasteiger partial charge in [0.15, 0.2) is 0 Å². The largest absolute Gasteiger partial charge is 0.387 e. The van der Waals surface area contributed by atoms with Crippen LogP contribution in [0.15, 0.2) is 18.2 Å². The third-order valence-corrected chi connectivity index (χ3v) is 1.96. The molecule has 1 rings (SSSR count). The third kappa shape index (κ3) is 3.30. The van der Waals surface area contributed by atoms with E-state index in [2.05, 4.69) is 10.3 Å². The molecule has 1 heterocycles. The second kappa shape index (κ2) is 5.17. The Morgan fingerprint density at radius 3 is 3.00 bits per heavy atom. The molecular weight excluding hydrogens is 188 g/mol. The predicted molar refractivity (Wildman–Crippen MR) is 52.8 cm³/mol. The van der Waals surface area contributed by atoms with Gasteiger partial charge >= 0.3 is 0 Å². The number of pyridine rings is 1. The Morgan fingerprint density at radius 2 is 2.38 bits per heavy atom. The van der Waals surface area contributed by atoms with Gasteiger partial charge in [-0.05, 0) is 32.1 Å². The Labute approximate surface area is 82.8 Å². The molecule has 1 aromatic heterocycles. The molecule has 0 amide bonds. The second-order valence-corrected chi connectivity index (χ2v) is 3.18. The Kier molecular flexibility index (Phi) is 4.15. The minimum absolute atomic E-state index is 0.418. The number of aliphatic hydroxyl groups excluding tert-OH is 1. The SMILES string of the molecule is CNCCC(O)c1cccc(Cl)n1. The number of hydrogen-bond donors (Lipinski definition) is 2. The van der Waals surface area contributed by atoms with Gasteiger partial charge in [0, 0.05) is 0 Å². The van der Waals surface area contributed by atoms with Gasteiger partial charge in [-0.3, -0.25) is 0 Å². The van der Waals surface area contributed by atoms with E-state index in [4.69, 9.17) is 11.6 Å². The molecule has 2 N–H and O–H groups in total. The molecule has 0 fully saturated rings. The summed E-state index contributed by atoms with van der Waals surface area (Å²) in [6.07, 6.45) is 0.107. The molecule has 0 saturated carbocycles. The molecule has 0 saturated heterocycles. The molecule has 1 unspecified atom stereocenters. The lowest BCUT2D eigenvalue weighted by atomic mass is 10.2. The first kappa shape index (κ1) is 10.4. The topological polar surface area (TPSA) is 45.1 Å². The van der Waals surface area contributed by atoms with Crippen molar-refractivity contribution in [2.24, 2.45) is 0 Å². The van der Waals surface area contributed by atoms with E-state index in [1.54, 1.807) is 18.2 Å². The fourth-order valence-electron chi connectivity index (χ4n) is 1.04. The van der Waals surface area contributed by atoms with Crippen molar-refractivity contribution in [1.82, 2.24) is 10.3 Å². The predicted octanol–water partition coefficient (Wildman–Crippen LogP) is 1.38. The Balaban J connectivity index is 2.60. The summed E-state index contributed by atoms with van der Waals surface area (Å²) in [6.45, 7) is 0.759. The van der Waals surface area contributed by atoms with Gasteiger partial charge in [-0.25, -0.2) is 4.98 Å². The van der Waals surface area contributed by atoms with Gasteiger partial charge in [0.25, 0.3) is 0 Å². The highest BCUT2D eigenvalue weighted by Crippen LogP contribution is 2.15. The van der Waals surface area contributed by atoms with E-state index in [-0.39, 0.29) is 0 Å². The average Bonchev–Trinajstić information content (AvgIpc) is 2.14. The molecule has 0 aliphatic heterocycles. The van der Waals surface area contributed by atoms with Crippen LogP contribution in [0.1, 0.15) is 18.2 Å². The molecule has 13 heavy (non-hydrogen) atoms. The number of aromatic nitrogens is 1. The smallest absolute Gasteiger partial charge is 0.129 e. The number of aliphatic hydroxyl groups is 1. The maximum Gasteiger partial charge on any atom is 0.129 e. The first-order valence-electron chi connectivity index (χ1n) is 4.19. The van der Waals surface area contributed by atoms with Crippen molar-refractivity contribution in [1.29, 1.82) is 0 Å². The van der Waals surface area contributed by atoms with Crippen LogP contribution in [0.3, 0.4) is 0 Å². The van der Waals surface area contributed by atoms with E-state index < -0.39 is 6.10 Å². The van der Waals surface area contributed by atoms with Crippen molar-refractivity contribution in [3.05, 3.63) is 29.0 Å². The number of nitrogens with one attached hydrogen (secondary N) is 1. The molecule has 0 bridgehead atoms. The summed E-state index contributed by atoms with van der Waals surface area (Å²) in [7, 11) is 1.85. The average molecular weight is 201 g/mol. The minimum atomic E-state index is -0.536. The number of halogens is 1. The van der Waals surface area contributed by atoms with Crippen LogP contribution >= 0.6 is 11.6 Å². The van der Waals surface area contributed by atoms with Crippen molar-refractivity contribution < 1.29 is 5.11 Å². The summed E-state index contributed by atoms with van der Waals surface area (Å²) in [5.41, 5.74) is 0.628. The molecule has 72 valence electrons. The molecule has 0 radical (unpaired) electrons. The van der Waals surface area contributed by atoms with Crippen molar-refractivity contribution in [3.8, 4) is 0 Å². The lowest BCUT2D eigenvalue weighted by Gasteiger charge is -2.09. The van der Waals surface area contributed by atoms with Crippen LogP contribution in [-0.4, -0.2) is 23.7 Å². The third-order valence-electron chi connectivity index (χ3n) is 1.75. The van der Waals surface area contributed by atoms with E-state index in [9.17, 15) is 5.11 Å². The van der Waals surface area contributed by atoms with E-state index in [0.29, 0.717) is 17.3 Å². The van der Waals surface area contributed by atoms with E-state index in [1.165, 1.54) is 0 Å². The number of nitrogens with zero attached hydrogens (tertiary/aromatic N) is 1. The zero-order valence-electron chi connectivity index (χ0n) is 7.50. The highest BCUT2D eigenvalue weighted by atomic mass is 35.5. The molecule has 1 aromatic rings. The maximum absolute atomic E-state index is 9.61. The van der Waals surface area contributed by atoms with E-state index in [1.807, 2.05) is 7.05 Å². The van der Waals surface area contributed by atoms with Crippen LogP contribution in [0.5, 0.6) is 0 Å². The highest BCUT2D eigenvalue weighted by molar-refractivity contribution is 6.29. The summed E-state index contributed by atoms with van der Waals surface area (Å²) < 4.78 is 0. The van der Waals surface area contributed by atoms with Crippen LogP contribution in [0.25, 0.3) is 0 Å². The van der Waals surface area contributed by atoms with Gasteiger partial charge in [0.05, 0.1) is 11.8 Å². The van der Waals surface area contributed by atoms with Crippen molar-refractivity contribution in [3.63, 3.8) is 0 Å². The van der Waals surface area contributed by atoms with Gasteiger partial charge in [0.2, 0.25) is 0 Å². The summed E-state index contributed by atoms with van der Waals surface area (Å²) in [6, 6.07) is 5.25. The highest BCUT2D eigenvalue weighted by Gasteiger charge is 2.07. The minimum Gasteiger partial charge on any atom is -0.387 e. The summed E-state index contributed by atoms with van der Waals surface area (Å²) in [5.74, 6) is 0. The number of hydrogen-bond acceptors (Lipinski definition) is 3. The maximum atomic E-state index is 9.61. The van der Waals surface area contributed by atoms with Gasteiger partial charge < -0.3 is 10.4 Å². The fourth-order valence-corrected chi connectivity index (χ4v) is 1.21. The molecule has 1 atom stereocenters. The molecule has 0 spiro atoms. The molecular formula is C9H13ClN2O. The first-order chi connectivity index (χ1) is 6.24. The second-order valence-electron chi connectivity index (χ2n) is 2.79. The monoisotopic (exact) mass is 200 g/mol. The van der Waals surface area contributed by atoms with Crippen LogP contribution in [-0.2, 0) is 0 Å². The zero-order chi connectivity index (χ0) is 9.68. The van der Waals surface area contributed by atoms with Crippen LogP contribution in [0.2, 0.25) is 5.15 Å². The number of rotatable bonds is 4. The summed E-state index contributed by atoms with van der Waals surface area (Å²) >= 11 is 5.69. The zero-order valence-corrected chi connectivity index (χ0v) is 8.25. The summed E-state index contributed by atoms with van der Waals surface area (Å²) in [5, 5.41) is 13.0. The molecule has 0 aliphatic carbocycles. The quantitative estimate of drug-likeness (QED) is 0.722. The van der Waals surface area contributed by atoms with Crippen LogP contribution in [0.4, 0.5) is 0 Å². The van der Waals surface area contributed by atoms with Gasteiger partial charge in [-0.2, -0.15) is 0 Å². The molecule has 0 aliphatic rings. The van der Waals surface area contributed by atoms with Gasteiger partial charge in [-0.15, -0.1) is 0 Å². The first-order valence-corrected chi connectivity index (χ1v) is 4.57. The Hall–Kier alpha value is -0.640.